The Morgan fingerprint density at radius 2 is 1.49 bits per heavy atom. The minimum absolute atomic E-state index is 0.0333. The first-order valence-electron chi connectivity index (χ1n) is 24.4. The molecule has 3 unspecified atom stereocenters. The number of allylic oxidation sites excluding steroid dienone is 3. The van der Waals surface area contributed by atoms with Gasteiger partial charge in [0.2, 0.25) is 0 Å². The fraction of sp³-hybridized carbons (Fsp3) is 0.880. The molecule has 10 atom stereocenters. The van der Waals surface area contributed by atoms with Crippen LogP contribution in [0.2, 0.25) is 0 Å². The van der Waals surface area contributed by atoms with Crippen LogP contribution in [0.4, 0.5) is 0 Å². The highest BCUT2D eigenvalue weighted by atomic mass is 16.5. The monoisotopic (exact) mass is 776 g/mol. The van der Waals surface area contributed by atoms with E-state index in [1.807, 2.05) is 0 Å². The number of hydrogen-bond donors (Lipinski definition) is 4. The summed E-state index contributed by atoms with van der Waals surface area (Å²) in [5.41, 5.74) is -5.04. The molecule has 5 heteroatoms. The van der Waals surface area contributed by atoms with E-state index in [2.05, 4.69) is 104 Å². The van der Waals surface area contributed by atoms with E-state index in [1.54, 1.807) is 27.7 Å². The maximum Gasteiger partial charge on any atom is 0.117 e. The van der Waals surface area contributed by atoms with E-state index in [4.69, 9.17) is 7.48 Å². The zero-order valence-electron chi connectivity index (χ0n) is 44.2. The number of fused-ring (bicyclic) bond motifs is 1. The minimum Gasteiger partial charge on any atom is -0.396 e. The quantitative estimate of drug-likeness (QED) is 0.141. The van der Waals surface area contributed by atoms with E-state index in [9.17, 15) is 24.5 Å². The number of aliphatic hydroxyl groups is 4. The third kappa shape index (κ3) is 6.94. The van der Waals surface area contributed by atoms with E-state index < -0.39 is 52.2 Å². The van der Waals surface area contributed by atoms with Gasteiger partial charge in [-0.3, -0.25) is 0 Å². The van der Waals surface area contributed by atoms with Crippen molar-refractivity contribution in [3.63, 3.8) is 0 Å². The molecule has 0 aromatic carbocycles. The molecule has 0 spiro atoms. The molecule has 0 aromatic heterocycles. The van der Waals surface area contributed by atoms with Gasteiger partial charge in [-0.15, -0.1) is 0 Å². The predicted molar refractivity (Wildman–Crippen MR) is 233 cm³/mol. The zero-order chi connectivity index (χ0) is 47.2. The molecule has 5 nitrogen and oxygen atoms in total. The molecule has 3 saturated carbocycles. The van der Waals surface area contributed by atoms with Crippen molar-refractivity contribution in [2.75, 3.05) is 13.2 Å². The summed E-state index contributed by atoms with van der Waals surface area (Å²) in [6, 6.07) is 0.240. The molecule has 0 bridgehead atoms. The fourth-order valence-corrected chi connectivity index (χ4v) is 13.0. The lowest BCUT2D eigenvalue weighted by Crippen LogP contribution is -2.67. The third-order valence-electron chi connectivity index (χ3n) is 18.5. The molecule has 0 amide bonds. The van der Waals surface area contributed by atoms with Gasteiger partial charge in [-0.05, 0) is 125 Å². The van der Waals surface area contributed by atoms with Crippen molar-refractivity contribution in [3.8, 4) is 0 Å². The third-order valence-corrected chi connectivity index (χ3v) is 18.5. The van der Waals surface area contributed by atoms with Crippen molar-refractivity contribution in [2.24, 2.45) is 73.9 Å². The maximum absolute atomic E-state index is 12.5. The Labute approximate surface area is 347 Å². The Hall–Kier alpha value is -0.980. The Kier molecular flexibility index (Phi) is 11.8. The van der Waals surface area contributed by atoms with Crippen LogP contribution in [0.3, 0.4) is 0 Å². The van der Waals surface area contributed by atoms with Gasteiger partial charge in [0.25, 0.3) is 0 Å². The van der Waals surface area contributed by atoms with Gasteiger partial charge >= 0.3 is 0 Å². The van der Waals surface area contributed by atoms with Crippen LogP contribution in [0, 0.1) is 73.9 Å². The Bertz CT molecular complexity index is 1680. The molecular weight excluding hydrogens is 681 g/mol. The second kappa shape index (κ2) is 15.9. The topological polar surface area (TPSA) is 90.2 Å². The van der Waals surface area contributed by atoms with Gasteiger partial charge in [-0.1, -0.05) is 143 Å². The van der Waals surface area contributed by atoms with Gasteiger partial charge in [0.1, 0.15) is 12.2 Å². The molecule has 3 fully saturated rings. The highest BCUT2D eigenvalue weighted by molar-refractivity contribution is 5.51. The Morgan fingerprint density at radius 3 is 1.95 bits per heavy atom. The first kappa shape index (κ1) is 40.8. The lowest BCUT2D eigenvalue weighted by Gasteiger charge is -2.72. The summed E-state index contributed by atoms with van der Waals surface area (Å²) in [7, 11) is 0. The van der Waals surface area contributed by atoms with Crippen LogP contribution in [0.1, 0.15) is 177 Å². The lowest BCUT2D eigenvalue weighted by atomic mass is 9.31. The molecule has 0 aliphatic heterocycles. The molecule has 0 radical (unpaired) electrons. The van der Waals surface area contributed by atoms with E-state index in [-0.39, 0.29) is 76.1 Å². The number of hydrogen-bond acceptors (Lipinski definition) is 5. The highest BCUT2D eigenvalue weighted by Crippen LogP contribution is 2.80. The molecule has 320 valence electrons. The first-order valence-corrected chi connectivity index (χ1v) is 21.9. The fourth-order valence-electron chi connectivity index (χ4n) is 13.0. The largest absolute Gasteiger partial charge is 0.396 e. The Morgan fingerprint density at radius 1 is 0.945 bits per heavy atom. The molecule has 4 N–H and O–H groups in total. The van der Waals surface area contributed by atoms with Crippen LogP contribution in [0.25, 0.3) is 0 Å². The first-order chi connectivity index (χ1) is 26.9. The standard InChI is InChI=1S/C50H90O5/c1-22-49(54,23-2)35(10)27-34(9)47(20,30(3)4)39-25-24-37-38(43(12,13)45(16,17)46(18,19)50(37,39)31(5)6)26-33(8)40-36(11)41(52)42(55-29-32(7)28-51)48(21,53)44(40,14)15/h26,30-32,34-35,37,39,41-42,51-54H,11,22-25,27-29H2,1-10,12-21H3/b38-26-,40-33+/t32?,34?,35?,37-,39+,41+,42-,47+,48-,50-/m0/s1/i11D2,26D,41D,42D. The van der Waals surface area contributed by atoms with E-state index in [0.29, 0.717) is 24.3 Å². The van der Waals surface area contributed by atoms with Crippen molar-refractivity contribution in [2.45, 2.75) is 194 Å². The molecule has 0 saturated heterocycles. The predicted octanol–water partition coefficient (Wildman–Crippen LogP) is 11.6. The Balaban J connectivity index is 2.55. The van der Waals surface area contributed by atoms with E-state index >= 15 is 0 Å². The average molecular weight is 776 g/mol. The van der Waals surface area contributed by atoms with E-state index in [0.717, 1.165) is 24.8 Å². The second-order valence-electron chi connectivity index (χ2n) is 21.9. The van der Waals surface area contributed by atoms with Gasteiger partial charge in [0, 0.05) is 17.9 Å². The van der Waals surface area contributed by atoms with Crippen molar-refractivity contribution in [1.82, 2.24) is 0 Å². The van der Waals surface area contributed by atoms with Crippen LogP contribution in [-0.4, -0.2) is 57.0 Å². The smallest absolute Gasteiger partial charge is 0.117 e. The molecule has 3 aliphatic carbocycles. The van der Waals surface area contributed by atoms with Gasteiger partial charge in [-0.2, -0.15) is 0 Å². The summed E-state index contributed by atoms with van der Waals surface area (Å²) in [6.45, 7) is 41.7. The average Bonchev–Trinajstić information content (AvgIpc) is 3.54. The van der Waals surface area contributed by atoms with Crippen molar-refractivity contribution < 1.29 is 32.0 Å². The SMILES string of the molecule is [2H]C([2H])=C1/C(=C(C)\C([2H])=C2\[C@@H]3CC[C@H]([C@](C)(C(C)C)C(C)CC(C)C(O)(CC)CC)[C@@]3(C(C)C)C(C)(C)C(C)(C)C2(C)C)C(C)(C)[C@@](C)(O)[C@@]([2H])(OCC(C)CO)[C@]1([2H])O. The molecular formula is C50H90O5. The second-order valence-corrected chi connectivity index (χ2v) is 21.9. The molecule has 0 heterocycles. The normalized spacial score (nSPS) is 40.2. The molecule has 0 aromatic rings. The van der Waals surface area contributed by atoms with Crippen LogP contribution in [0.5, 0.6) is 0 Å². The van der Waals surface area contributed by atoms with Crippen LogP contribution in [-0.2, 0) is 4.74 Å². The summed E-state index contributed by atoms with van der Waals surface area (Å²) in [6.07, 6.45) is -1.68. The zero-order valence-corrected chi connectivity index (χ0v) is 39.2. The van der Waals surface area contributed by atoms with Gasteiger partial charge < -0.3 is 25.2 Å². The van der Waals surface area contributed by atoms with Crippen LogP contribution in [0.15, 0.2) is 34.9 Å². The van der Waals surface area contributed by atoms with Gasteiger partial charge in [0.15, 0.2) is 0 Å². The number of ether oxygens (including phenoxy) is 1. The van der Waals surface area contributed by atoms with Crippen LogP contribution < -0.4 is 0 Å². The molecule has 55 heavy (non-hydrogen) atoms. The van der Waals surface area contributed by atoms with Crippen molar-refractivity contribution in [1.29, 1.82) is 0 Å². The molecule has 3 rings (SSSR count). The maximum atomic E-state index is 12.5. The highest BCUT2D eigenvalue weighted by Gasteiger charge is 2.74. The summed E-state index contributed by atoms with van der Waals surface area (Å²) in [4.78, 5) is 0. The summed E-state index contributed by atoms with van der Waals surface area (Å²) in [5, 5.41) is 46.2. The summed E-state index contributed by atoms with van der Waals surface area (Å²) in [5.74, 6) is 0.680. The van der Waals surface area contributed by atoms with E-state index in [1.165, 1.54) is 6.92 Å². The van der Waals surface area contributed by atoms with Crippen LogP contribution >= 0.6 is 0 Å². The van der Waals surface area contributed by atoms with Gasteiger partial charge in [-0.25, -0.2) is 0 Å². The minimum atomic E-state index is -3.08. The summed E-state index contributed by atoms with van der Waals surface area (Å²) < 4.78 is 52.8. The lowest BCUT2D eigenvalue weighted by molar-refractivity contribution is -0.217. The molecule has 3 aliphatic rings. The van der Waals surface area contributed by atoms with Crippen molar-refractivity contribution >= 4 is 0 Å². The summed E-state index contributed by atoms with van der Waals surface area (Å²) >= 11 is 0. The number of rotatable bonds is 14. The van der Waals surface area contributed by atoms with Gasteiger partial charge in [0.05, 0.1) is 24.7 Å². The van der Waals surface area contributed by atoms with Crippen molar-refractivity contribution in [3.05, 3.63) is 34.9 Å². The number of aliphatic hydroxyl groups excluding tert-OH is 1.